The smallest absolute Gasteiger partial charge is 0.237 e. The molecule has 4 rings (SSSR count). The van der Waals surface area contributed by atoms with Gasteiger partial charge < -0.3 is 14.7 Å². The summed E-state index contributed by atoms with van der Waals surface area (Å²) in [6.45, 7) is 1.73. The SMILES string of the molecule is CN(Cc1cc(-c2ccccc2)no1)C(=O)CC1C(=O)NCCN1Cc1cccc(F)c1. The first-order chi connectivity index (χ1) is 15.5. The molecule has 1 saturated heterocycles. The molecule has 1 fully saturated rings. The first-order valence-electron chi connectivity index (χ1n) is 10.5. The third-order valence-corrected chi connectivity index (χ3v) is 5.53. The van der Waals surface area contributed by atoms with E-state index < -0.39 is 6.04 Å². The van der Waals surface area contributed by atoms with Crippen molar-refractivity contribution in [3.05, 3.63) is 77.8 Å². The fourth-order valence-electron chi connectivity index (χ4n) is 3.82. The molecule has 3 aromatic rings. The average molecular weight is 436 g/mol. The fraction of sp³-hybridized carbons (Fsp3) is 0.292. The largest absolute Gasteiger partial charge is 0.359 e. The van der Waals surface area contributed by atoms with Gasteiger partial charge in [-0.3, -0.25) is 14.5 Å². The zero-order valence-corrected chi connectivity index (χ0v) is 17.8. The van der Waals surface area contributed by atoms with Gasteiger partial charge >= 0.3 is 0 Å². The number of rotatable bonds is 7. The summed E-state index contributed by atoms with van der Waals surface area (Å²) in [5, 5.41) is 6.90. The molecule has 0 saturated carbocycles. The first kappa shape index (κ1) is 21.7. The highest BCUT2D eigenvalue weighted by Gasteiger charge is 2.32. The van der Waals surface area contributed by atoms with Crippen molar-refractivity contribution in [2.24, 2.45) is 0 Å². The lowest BCUT2D eigenvalue weighted by Crippen LogP contribution is -2.56. The van der Waals surface area contributed by atoms with Crippen molar-refractivity contribution < 1.29 is 18.5 Å². The minimum atomic E-state index is -0.614. The van der Waals surface area contributed by atoms with Crippen LogP contribution < -0.4 is 5.32 Å². The number of benzene rings is 2. The minimum absolute atomic E-state index is 0.0251. The summed E-state index contributed by atoms with van der Waals surface area (Å²) in [4.78, 5) is 28.8. The second-order valence-corrected chi connectivity index (χ2v) is 7.91. The molecule has 0 radical (unpaired) electrons. The molecule has 166 valence electrons. The number of aromatic nitrogens is 1. The van der Waals surface area contributed by atoms with E-state index in [0.717, 1.165) is 11.1 Å². The standard InChI is InChI=1S/C24H25FN4O3/c1-28(16-20-13-21(27-32-20)18-7-3-2-4-8-18)23(30)14-22-24(31)26-10-11-29(22)15-17-6-5-9-19(25)12-17/h2-9,12-13,22H,10-11,14-16H2,1H3,(H,26,31). The Morgan fingerprint density at radius 2 is 2.03 bits per heavy atom. The Hall–Kier alpha value is -3.52. The van der Waals surface area contributed by atoms with Gasteiger partial charge in [0.05, 0.1) is 19.0 Å². The van der Waals surface area contributed by atoms with E-state index in [-0.39, 0.29) is 30.6 Å². The lowest BCUT2D eigenvalue weighted by atomic mass is 10.1. The number of nitrogens with zero attached hydrogens (tertiary/aromatic N) is 3. The Balaban J connectivity index is 1.39. The molecule has 1 unspecified atom stereocenters. The summed E-state index contributed by atoms with van der Waals surface area (Å²) in [5.74, 6) is -0.142. The molecule has 1 aliphatic rings. The van der Waals surface area contributed by atoms with Gasteiger partial charge in [-0.15, -0.1) is 0 Å². The number of carbonyl (C=O) groups excluding carboxylic acids is 2. The van der Waals surface area contributed by atoms with Gasteiger partial charge in [-0.1, -0.05) is 47.6 Å². The molecule has 1 N–H and O–H groups in total. The Bertz CT molecular complexity index is 1090. The molecule has 2 heterocycles. The van der Waals surface area contributed by atoms with E-state index in [1.54, 1.807) is 13.1 Å². The van der Waals surface area contributed by atoms with Crippen LogP contribution in [-0.2, 0) is 22.7 Å². The molecule has 2 aromatic carbocycles. The molecule has 7 nitrogen and oxygen atoms in total. The van der Waals surface area contributed by atoms with E-state index in [1.165, 1.54) is 17.0 Å². The number of amides is 2. The Morgan fingerprint density at radius 3 is 2.81 bits per heavy atom. The van der Waals surface area contributed by atoms with Crippen LogP contribution in [0.4, 0.5) is 4.39 Å². The molecule has 0 aliphatic carbocycles. The highest BCUT2D eigenvalue weighted by atomic mass is 19.1. The quantitative estimate of drug-likeness (QED) is 0.616. The van der Waals surface area contributed by atoms with Gasteiger partial charge in [-0.05, 0) is 17.7 Å². The summed E-state index contributed by atoms with van der Waals surface area (Å²) in [6.07, 6.45) is 0.0251. The van der Waals surface area contributed by atoms with Gasteiger partial charge in [0.25, 0.3) is 0 Å². The number of hydrogen-bond donors (Lipinski definition) is 1. The van der Waals surface area contributed by atoms with Gasteiger partial charge in [0.15, 0.2) is 5.76 Å². The molecular weight excluding hydrogens is 411 g/mol. The van der Waals surface area contributed by atoms with Crippen molar-refractivity contribution in [1.29, 1.82) is 0 Å². The molecule has 1 atom stereocenters. The van der Waals surface area contributed by atoms with Crippen molar-refractivity contribution >= 4 is 11.8 Å². The van der Waals surface area contributed by atoms with Crippen molar-refractivity contribution in [3.63, 3.8) is 0 Å². The Labute approximate surface area is 185 Å². The topological polar surface area (TPSA) is 78.7 Å². The predicted molar refractivity (Wildman–Crippen MR) is 117 cm³/mol. The normalized spacial score (nSPS) is 16.6. The number of carbonyl (C=O) groups is 2. The maximum Gasteiger partial charge on any atom is 0.237 e. The van der Waals surface area contributed by atoms with Gasteiger partial charge in [-0.2, -0.15) is 0 Å². The summed E-state index contributed by atoms with van der Waals surface area (Å²) in [5.41, 5.74) is 2.40. The monoisotopic (exact) mass is 436 g/mol. The van der Waals surface area contributed by atoms with Crippen LogP contribution in [0.3, 0.4) is 0 Å². The lowest BCUT2D eigenvalue weighted by molar-refractivity contribution is -0.138. The van der Waals surface area contributed by atoms with Crippen LogP contribution in [0.25, 0.3) is 11.3 Å². The average Bonchev–Trinajstić information content (AvgIpc) is 3.25. The van der Waals surface area contributed by atoms with Crippen LogP contribution in [0.5, 0.6) is 0 Å². The Kier molecular flexibility index (Phi) is 6.61. The number of halogens is 1. The fourth-order valence-corrected chi connectivity index (χ4v) is 3.82. The van der Waals surface area contributed by atoms with E-state index in [1.807, 2.05) is 47.4 Å². The van der Waals surface area contributed by atoms with Gasteiger partial charge in [0.2, 0.25) is 11.8 Å². The van der Waals surface area contributed by atoms with E-state index in [0.29, 0.717) is 31.1 Å². The van der Waals surface area contributed by atoms with E-state index in [4.69, 9.17) is 4.52 Å². The summed E-state index contributed by atoms with van der Waals surface area (Å²) >= 11 is 0. The molecule has 8 heteroatoms. The van der Waals surface area contributed by atoms with Gasteiger partial charge in [0, 0.05) is 38.3 Å². The molecule has 1 aliphatic heterocycles. The number of piperazine rings is 1. The molecule has 2 amide bonds. The highest BCUT2D eigenvalue weighted by Crippen LogP contribution is 2.20. The highest BCUT2D eigenvalue weighted by molar-refractivity contribution is 5.88. The van der Waals surface area contributed by atoms with Crippen molar-refractivity contribution in [3.8, 4) is 11.3 Å². The predicted octanol–water partition coefficient (Wildman–Crippen LogP) is 2.83. The Morgan fingerprint density at radius 1 is 1.22 bits per heavy atom. The van der Waals surface area contributed by atoms with Crippen LogP contribution in [0.1, 0.15) is 17.7 Å². The second kappa shape index (κ2) is 9.74. The third kappa shape index (κ3) is 5.20. The van der Waals surface area contributed by atoms with E-state index in [9.17, 15) is 14.0 Å². The minimum Gasteiger partial charge on any atom is -0.359 e. The van der Waals surface area contributed by atoms with Crippen LogP contribution in [-0.4, -0.2) is 52.9 Å². The third-order valence-electron chi connectivity index (χ3n) is 5.53. The van der Waals surface area contributed by atoms with E-state index >= 15 is 0 Å². The summed E-state index contributed by atoms with van der Waals surface area (Å²) in [6, 6.07) is 17.1. The van der Waals surface area contributed by atoms with Crippen LogP contribution in [0.15, 0.2) is 65.2 Å². The molecule has 1 aromatic heterocycles. The molecular formula is C24H25FN4O3. The van der Waals surface area contributed by atoms with Crippen LogP contribution in [0.2, 0.25) is 0 Å². The molecule has 0 spiro atoms. The lowest BCUT2D eigenvalue weighted by Gasteiger charge is -2.35. The van der Waals surface area contributed by atoms with Gasteiger partial charge in [-0.25, -0.2) is 4.39 Å². The maximum atomic E-state index is 13.6. The molecule has 0 bridgehead atoms. The van der Waals surface area contributed by atoms with Crippen molar-refractivity contribution in [2.75, 3.05) is 20.1 Å². The zero-order chi connectivity index (χ0) is 22.5. The summed E-state index contributed by atoms with van der Waals surface area (Å²) < 4.78 is 18.9. The summed E-state index contributed by atoms with van der Waals surface area (Å²) in [7, 11) is 1.67. The maximum absolute atomic E-state index is 13.6. The van der Waals surface area contributed by atoms with Crippen molar-refractivity contribution in [2.45, 2.75) is 25.6 Å². The second-order valence-electron chi connectivity index (χ2n) is 7.91. The van der Waals surface area contributed by atoms with Crippen LogP contribution >= 0.6 is 0 Å². The number of hydrogen-bond acceptors (Lipinski definition) is 5. The van der Waals surface area contributed by atoms with Gasteiger partial charge in [0.1, 0.15) is 11.5 Å². The van der Waals surface area contributed by atoms with E-state index in [2.05, 4.69) is 10.5 Å². The first-order valence-corrected chi connectivity index (χ1v) is 10.5. The van der Waals surface area contributed by atoms with Crippen molar-refractivity contribution in [1.82, 2.24) is 20.3 Å². The zero-order valence-electron chi connectivity index (χ0n) is 17.8. The number of nitrogens with one attached hydrogen (secondary N) is 1. The van der Waals surface area contributed by atoms with Crippen LogP contribution in [0, 0.1) is 5.82 Å². The molecule has 32 heavy (non-hydrogen) atoms.